The van der Waals surface area contributed by atoms with Gasteiger partial charge >= 0.3 is 0 Å². The SMILES string of the molecule is N[C@H]1CCN(c2ccnc(NCC3CC3)n2)C1. The van der Waals surface area contributed by atoms with Crippen molar-refractivity contribution in [1.29, 1.82) is 0 Å². The van der Waals surface area contributed by atoms with Crippen LogP contribution in [-0.2, 0) is 0 Å². The molecule has 17 heavy (non-hydrogen) atoms. The van der Waals surface area contributed by atoms with Gasteiger partial charge < -0.3 is 16.0 Å². The molecule has 0 radical (unpaired) electrons. The van der Waals surface area contributed by atoms with E-state index < -0.39 is 0 Å². The first-order valence-electron chi connectivity index (χ1n) is 6.39. The van der Waals surface area contributed by atoms with Crippen molar-refractivity contribution in [3.05, 3.63) is 12.3 Å². The Morgan fingerprint density at radius 2 is 2.29 bits per heavy atom. The molecule has 1 aliphatic carbocycles. The van der Waals surface area contributed by atoms with E-state index in [4.69, 9.17) is 5.73 Å². The summed E-state index contributed by atoms with van der Waals surface area (Å²) in [5.74, 6) is 2.57. The summed E-state index contributed by atoms with van der Waals surface area (Å²) in [6.45, 7) is 2.91. The Balaban J connectivity index is 1.65. The Bertz CT molecular complexity index is 390. The molecule has 1 saturated carbocycles. The molecule has 0 amide bonds. The van der Waals surface area contributed by atoms with Crippen molar-refractivity contribution in [3.8, 4) is 0 Å². The third-order valence-electron chi connectivity index (χ3n) is 3.44. The lowest BCUT2D eigenvalue weighted by molar-refractivity contribution is 0.751. The fourth-order valence-electron chi connectivity index (χ4n) is 2.16. The van der Waals surface area contributed by atoms with E-state index in [9.17, 15) is 0 Å². The molecule has 1 aliphatic heterocycles. The van der Waals surface area contributed by atoms with Crippen molar-refractivity contribution in [3.63, 3.8) is 0 Å². The van der Waals surface area contributed by atoms with Gasteiger partial charge in [0.2, 0.25) is 5.95 Å². The summed E-state index contributed by atoms with van der Waals surface area (Å²) in [5, 5.41) is 3.30. The van der Waals surface area contributed by atoms with E-state index in [0.717, 1.165) is 43.7 Å². The van der Waals surface area contributed by atoms with Gasteiger partial charge in [0.1, 0.15) is 5.82 Å². The van der Waals surface area contributed by atoms with Crippen molar-refractivity contribution < 1.29 is 0 Å². The Labute approximate surface area is 101 Å². The zero-order valence-electron chi connectivity index (χ0n) is 9.97. The van der Waals surface area contributed by atoms with E-state index in [0.29, 0.717) is 0 Å². The van der Waals surface area contributed by atoms with Crippen LogP contribution >= 0.6 is 0 Å². The predicted octanol–water partition coefficient (Wildman–Crippen LogP) is 0.836. The van der Waals surface area contributed by atoms with Gasteiger partial charge in [0.25, 0.3) is 0 Å². The second-order valence-electron chi connectivity index (χ2n) is 5.06. The number of nitrogens with zero attached hydrogens (tertiary/aromatic N) is 3. The highest BCUT2D eigenvalue weighted by atomic mass is 15.2. The molecule has 1 aromatic heterocycles. The number of rotatable bonds is 4. The van der Waals surface area contributed by atoms with Gasteiger partial charge in [-0.15, -0.1) is 0 Å². The molecule has 92 valence electrons. The van der Waals surface area contributed by atoms with Crippen molar-refractivity contribution in [1.82, 2.24) is 9.97 Å². The molecule has 0 bridgehead atoms. The van der Waals surface area contributed by atoms with Crippen LogP contribution in [0.2, 0.25) is 0 Å². The quantitative estimate of drug-likeness (QED) is 0.806. The van der Waals surface area contributed by atoms with Crippen LogP contribution in [0.3, 0.4) is 0 Å². The molecule has 2 heterocycles. The standard InChI is InChI=1S/C12H19N5/c13-10-4-6-17(8-10)11-3-5-14-12(16-11)15-7-9-1-2-9/h3,5,9-10H,1-2,4,6-8,13H2,(H,14,15,16)/t10-/m0/s1. The first-order valence-corrected chi connectivity index (χ1v) is 6.39. The lowest BCUT2D eigenvalue weighted by Gasteiger charge is -2.17. The Morgan fingerprint density at radius 3 is 3.00 bits per heavy atom. The van der Waals surface area contributed by atoms with Crippen LogP contribution < -0.4 is 16.0 Å². The summed E-state index contributed by atoms with van der Waals surface area (Å²) >= 11 is 0. The van der Waals surface area contributed by atoms with Crippen LogP contribution in [-0.4, -0.2) is 35.6 Å². The van der Waals surface area contributed by atoms with E-state index in [1.807, 2.05) is 12.3 Å². The molecule has 5 heteroatoms. The van der Waals surface area contributed by atoms with E-state index in [2.05, 4.69) is 20.2 Å². The summed E-state index contributed by atoms with van der Waals surface area (Å²) in [7, 11) is 0. The lowest BCUT2D eigenvalue weighted by atomic mass is 10.3. The minimum Gasteiger partial charge on any atom is -0.355 e. The van der Waals surface area contributed by atoms with Crippen molar-refractivity contribution in [2.45, 2.75) is 25.3 Å². The third-order valence-corrected chi connectivity index (χ3v) is 3.44. The number of aromatic nitrogens is 2. The Kier molecular flexibility index (Phi) is 2.84. The molecular weight excluding hydrogens is 214 g/mol. The van der Waals surface area contributed by atoms with Gasteiger partial charge in [-0.25, -0.2) is 4.98 Å². The molecule has 1 saturated heterocycles. The summed E-state index contributed by atoms with van der Waals surface area (Å²) in [6.07, 6.45) is 5.55. The van der Waals surface area contributed by atoms with E-state index >= 15 is 0 Å². The molecule has 3 N–H and O–H groups in total. The second kappa shape index (κ2) is 4.49. The average molecular weight is 233 g/mol. The maximum absolute atomic E-state index is 5.91. The largest absolute Gasteiger partial charge is 0.355 e. The van der Waals surface area contributed by atoms with Gasteiger partial charge in [-0.1, -0.05) is 0 Å². The number of anilines is 2. The van der Waals surface area contributed by atoms with Crippen LogP contribution in [0.15, 0.2) is 12.3 Å². The van der Waals surface area contributed by atoms with Crippen molar-refractivity contribution in [2.75, 3.05) is 29.9 Å². The van der Waals surface area contributed by atoms with E-state index in [1.165, 1.54) is 12.8 Å². The fraction of sp³-hybridized carbons (Fsp3) is 0.667. The summed E-state index contributed by atoms with van der Waals surface area (Å²) in [5.41, 5.74) is 5.91. The topological polar surface area (TPSA) is 67.1 Å². The monoisotopic (exact) mass is 233 g/mol. The van der Waals surface area contributed by atoms with Crippen LogP contribution in [0.4, 0.5) is 11.8 Å². The maximum Gasteiger partial charge on any atom is 0.224 e. The van der Waals surface area contributed by atoms with Crippen LogP contribution in [0, 0.1) is 5.92 Å². The van der Waals surface area contributed by atoms with Crippen LogP contribution in [0.1, 0.15) is 19.3 Å². The van der Waals surface area contributed by atoms with Gasteiger partial charge in [0.05, 0.1) is 0 Å². The third kappa shape index (κ3) is 2.66. The van der Waals surface area contributed by atoms with Gasteiger partial charge in [-0.3, -0.25) is 0 Å². The zero-order valence-corrected chi connectivity index (χ0v) is 9.97. The number of nitrogens with one attached hydrogen (secondary N) is 1. The average Bonchev–Trinajstić information content (AvgIpc) is 3.08. The highest BCUT2D eigenvalue weighted by Gasteiger charge is 2.22. The van der Waals surface area contributed by atoms with E-state index in [1.54, 1.807) is 0 Å². The molecule has 2 aliphatic rings. The van der Waals surface area contributed by atoms with Crippen molar-refractivity contribution >= 4 is 11.8 Å². The summed E-state index contributed by atoms with van der Waals surface area (Å²) in [6, 6.07) is 2.24. The summed E-state index contributed by atoms with van der Waals surface area (Å²) < 4.78 is 0. The Morgan fingerprint density at radius 1 is 1.41 bits per heavy atom. The minimum absolute atomic E-state index is 0.285. The lowest BCUT2D eigenvalue weighted by Crippen LogP contribution is -2.27. The van der Waals surface area contributed by atoms with Crippen LogP contribution in [0.25, 0.3) is 0 Å². The summed E-state index contributed by atoms with van der Waals surface area (Å²) in [4.78, 5) is 11.0. The van der Waals surface area contributed by atoms with Gasteiger partial charge in [-0.05, 0) is 31.2 Å². The van der Waals surface area contributed by atoms with Gasteiger partial charge in [-0.2, -0.15) is 4.98 Å². The maximum atomic E-state index is 5.91. The number of hydrogen-bond acceptors (Lipinski definition) is 5. The Hall–Kier alpha value is -1.36. The molecule has 0 aromatic carbocycles. The fourth-order valence-corrected chi connectivity index (χ4v) is 2.16. The number of nitrogens with two attached hydrogens (primary N) is 1. The second-order valence-corrected chi connectivity index (χ2v) is 5.06. The molecule has 1 atom stereocenters. The highest BCUT2D eigenvalue weighted by Crippen LogP contribution is 2.28. The normalized spacial score (nSPS) is 24.1. The molecule has 0 spiro atoms. The predicted molar refractivity (Wildman–Crippen MR) is 68.1 cm³/mol. The smallest absolute Gasteiger partial charge is 0.224 e. The molecule has 2 fully saturated rings. The minimum atomic E-state index is 0.285. The van der Waals surface area contributed by atoms with Gasteiger partial charge in [0, 0.05) is 31.9 Å². The number of hydrogen-bond donors (Lipinski definition) is 2. The molecular formula is C12H19N5. The van der Waals surface area contributed by atoms with Crippen LogP contribution in [0.5, 0.6) is 0 Å². The first-order chi connectivity index (χ1) is 8.31. The molecule has 1 aromatic rings. The zero-order chi connectivity index (χ0) is 11.7. The first kappa shape index (κ1) is 10.8. The molecule has 5 nitrogen and oxygen atoms in total. The van der Waals surface area contributed by atoms with Crippen molar-refractivity contribution in [2.24, 2.45) is 11.7 Å². The van der Waals surface area contributed by atoms with Gasteiger partial charge in [0.15, 0.2) is 0 Å². The molecule has 0 unspecified atom stereocenters. The van der Waals surface area contributed by atoms with E-state index in [-0.39, 0.29) is 6.04 Å². The highest BCUT2D eigenvalue weighted by molar-refractivity contribution is 5.43. The molecule has 3 rings (SSSR count).